The number of nitrogens with zero attached hydrogens (tertiary/aromatic N) is 5. The van der Waals surface area contributed by atoms with Gasteiger partial charge in [-0.15, -0.1) is 0 Å². The molecular weight excluding hydrogens is 292 g/mol. The lowest BCUT2D eigenvalue weighted by Crippen LogP contribution is -2.50. The minimum atomic E-state index is 0.279. The third-order valence-electron chi connectivity index (χ3n) is 4.47. The third kappa shape index (κ3) is 4.10. The SMILES string of the molecule is CCNc1ccnc(N2CCN(CC(=O)N3CCCC3)CC2)n1. The van der Waals surface area contributed by atoms with Crippen LogP contribution >= 0.6 is 0 Å². The van der Waals surface area contributed by atoms with Crippen LogP contribution in [0.1, 0.15) is 19.8 Å². The van der Waals surface area contributed by atoms with Gasteiger partial charge in [0.25, 0.3) is 0 Å². The van der Waals surface area contributed by atoms with Gasteiger partial charge in [0.2, 0.25) is 11.9 Å². The van der Waals surface area contributed by atoms with Crippen LogP contribution in [0, 0.1) is 0 Å². The second-order valence-corrected chi connectivity index (χ2v) is 6.12. The molecule has 3 rings (SSSR count). The number of carbonyl (C=O) groups excluding carboxylic acids is 1. The van der Waals surface area contributed by atoms with Crippen LogP contribution in [-0.2, 0) is 4.79 Å². The van der Waals surface area contributed by atoms with Crippen molar-refractivity contribution in [2.45, 2.75) is 19.8 Å². The van der Waals surface area contributed by atoms with E-state index in [-0.39, 0.29) is 5.91 Å². The van der Waals surface area contributed by atoms with E-state index in [2.05, 4.69) is 32.0 Å². The number of likely N-dealkylation sites (tertiary alicyclic amines) is 1. The van der Waals surface area contributed by atoms with Gasteiger partial charge in [-0.25, -0.2) is 4.98 Å². The molecule has 0 aliphatic carbocycles. The highest BCUT2D eigenvalue weighted by atomic mass is 16.2. The van der Waals surface area contributed by atoms with Crippen LogP contribution in [0.3, 0.4) is 0 Å². The molecule has 0 aromatic carbocycles. The maximum absolute atomic E-state index is 12.2. The fourth-order valence-corrected chi connectivity index (χ4v) is 3.14. The Balaban J connectivity index is 1.50. The van der Waals surface area contributed by atoms with Crippen molar-refractivity contribution < 1.29 is 4.79 Å². The van der Waals surface area contributed by atoms with Gasteiger partial charge in [0.15, 0.2) is 0 Å². The van der Waals surface area contributed by atoms with Crippen molar-refractivity contribution in [3.05, 3.63) is 12.3 Å². The minimum Gasteiger partial charge on any atom is -0.370 e. The van der Waals surface area contributed by atoms with Crippen LogP contribution in [0.5, 0.6) is 0 Å². The Morgan fingerprint density at radius 2 is 1.91 bits per heavy atom. The summed E-state index contributed by atoms with van der Waals surface area (Å²) in [4.78, 5) is 27.6. The second-order valence-electron chi connectivity index (χ2n) is 6.12. The molecule has 2 fully saturated rings. The van der Waals surface area contributed by atoms with Crippen LogP contribution in [0.2, 0.25) is 0 Å². The van der Waals surface area contributed by atoms with E-state index in [1.54, 1.807) is 6.20 Å². The summed E-state index contributed by atoms with van der Waals surface area (Å²) in [6, 6.07) is 1.89. The Labute approximate surface area is 137 Å². The minimum absolute atomic E-state index is 0.279. The van der Waals surface area contributed by atoms with E-state index in [1.165, 1.54) is 0 Å². The van der Waals surface area contributed by atoms with Gasteiger partial charge in [-0.2, -0.15) is 4.98 Å². The van der Waals surface area contributed by atoms with Crippen LogP contribution in [0.25, 0.3) is 0 Å². The molecule has 0 bridgehead atoms. The Kier molecular flexibility index (Phi) is 5.27. The number of carbonyl (C=O) groups is 1. The van der Waals surface area contributed by atoms with Crippen molar-refractivity contribution in [1.82, 2.24) is 19.8 Å². The molecule has 0 unspecified atom stereocenters. The first-order valence-corrected chi connectivity index (χ1v) is 8.58. The first-order valence-electron chi connectivity index (χ1n) is 8.58. The Hall–Kier alpha value is -1.89. The summed E-state index contributed by atoms with van der Waals surface area (Å²) in [6.07, 6.45) is 4.10. The quantitative estimate of drug-likeness (QED) is 0.860. The average molecular weight is 318 g/mol. The zero-order valence-corrected chi connectivity index (χ0v) is 13.9. The van der Waals surface area contributed by atoms with Gasteiger partial charge in [0.05, 0.1) is 6.54 Å². The number of amides is 1. The van der Waals surface area contributed by atoms with E-state index in [0.29, 0.717) is 6.54 Å². The molecule has 2 aliphatic heterocycles. The summed E-state index contributed by atoms with van der Waals surface area (Å²) in [7, 11) is 0. The molecule has 1 aromatic rings. The van der Waals surface area contributed by atoms with Crippen LogP contribution in [0.15, 0.2) is 12.3 Å². The normalized spacial score (nSPS) is 19.2. The topological polar surface area (TPSA) is 64.6 Å². The Morgan fingerprint density at radius 1 is 1.17 bits per heavy atom. The largest absolute Gasteiger partial charge is 0.370 e. The summed E-state index contributed by atoms with van der Waals surface area (Å²) < 4.78 is 0. The molecule has 2 saturated heterocycles. The molecule has 1 N–H and O–H groups in total. The molecule has 126 valence electrons. The zero-order chi connectivity index (χ0) is 16.1. The molecule has 7 heteroatoms. The van der Waals surface area contributed by atoms with Gasteiger partial charge in [-0.3, -0.25) is 9.69 Å². The van der Waals surface area contributed by atoms with Crippen molar-refractivity contribution in [3.8, 4) is 0 Å². The number of rotatable bonds is 5. The fraction of sp³-hybridized carbons (Fsp3) is 0.688. The monoisotopic (exact) mass is 318 g/mol. The molecule has 7 nitrogen and oxygen atoms in total. The predicted octanol–water partition coefficient (Wildman–Crippen LogP) is 0.653. The summed E-state index contributed by atoms with van der Waals surface area (Å²) in [5.41, 5.74) is 0. The van der Waals surface area contributed by atoms with Crippen LogP contribution < -0.4 is 10.2 Å². The van der Waals surface area contributed by atoms with Gasteiger partial charge < -0.3 is 15.1 Å². The van der Waals surface area contributed by atoms with Crippen LogP contribution in [0.4, 0.5) is 11.8 Å². The van der Waals surface area contributed by atoms with Gasteiger partial charge in [-0.1, -0.05) is 0 Å². The Bertz CT molecular complexity index is 523. The second kappa shape index (κ2) is 7.59. The number of nitrogens with one attached hydrogen (secondary N) is 1. The summed E-state index contributed by atoms with van der Waals surface area (Å²) in [5.74, 6) is 1.92. The van der Waals surface area contributed by atoms with E-state index in [4.69, 9.17) is 0 Å². The predicted molar refractivity (Wildman–Crippen MR) is 90.7 cm³/mol. The lowest BCUT2D eigenvalue weighted by Gasteiger charge is -2.35. The molecule has 0 saturated carbocycles. The van der Waals surface area contributed by atoms with Gasteiger partial charge in [0.1, 0.15) is 5.82 Å². The van der Waals surface area contributed by atoms with Gasteiger partial charge in [0, 0.05) is 52.0 Å². The molecule has 3 heterocycles. The van der Waals surface area contributed by atoms with Gasteiger partial charge >= 0.3 is 0 Å². The van der Waals surface area contributed by atoms with Crippen LogP contribution in [-0.4, -0.2) is 78.0 Å². The van der Waals surface area contributed by atoms with E-state index >= 15 is 0 Å². The van der Waals surface area contributed by atoms with Crippen molar-refractivity contribution in [2.24, 2.45) is 0 Å². The standard InChI is InChI=1S/C16H26N6O/c1-2-17-14-5-6-18-16(19-14)22-11-9-20(10-12-22)13-15(23)21-7-3-4-8-21/h5-6H,2-4,7-13H2,1H3,(H,17,18,19). The molecule has 0 atom stereocenters. The summed E-state index contributed by atoms with van der Waals surface area (Å²) in [6.45, 7) is 8.81. The number of hydrogen-bond acceptors (Lipinski definition) is 6. The summed E-state index contributed by atoms with van der Waals surface area (Å²) in [5, 5.41) is 3.21. The lowest BCUT2D eigenvalue weighted by atomic mass is 10.3. The molecule has 0 spiro atoms. The van der Waals surface area contributed by atoms with Crippen molar-refractivity contribution in [2.75, 3.05) is 62.6 Å². The maximum atomic E-state index is 12.2. The molecule has 1 aromatic heterocycles. The van der Waals surface area contributed by atoms with Crippen molar-refractivity contribution in [1.29, 1.82) is 0 Å². The smallest absolute Gasteiger partial charge is 0.236 e. The molecular formula is C16H26N6O. The fourth-order valence-electron chi connectivity index (χ4n) is 3.14. The highest BCUT2D eigenvalue weighted by Crippen LogP contribution is 2.14. The number of anilines is 2. The molecule has 23 heavy (non-hydrogen) atoms. The number of aromatic nitrogens is 2. The number of hydrogen-bond donors (Lipinski definition) is 1. The first kappa shape index (κ1) is 16.0. The summed E-state index contributed by atoms with van der Waals surface area (Å²) >= 11 is 0. The van der Waals surface area contributed by atoms with E-state index in [9.17, 15) is 4.79 Å². The number of piperazine rings is 1. The lowest BCUT2D eigenvalue weighted by molar-refractivity contribution is -0.131. The molecule has 1 amide bonds. The molecule has 0 radical (unpaired) electrons. The highest BCUT2D eigenvalue weighted by Gasteiger charge is 2.24. The third-order valence-corrected chi connectivity index (χ3v) is 4.47. The van der Waals surface area contributed by atoms with E-state index in [1.807, 2.05) is 11.0 Å². The average Bonchev–Trinajstić information content (AvgIpc) is 3.11. The highest BCUT2D eigenvalue weighted by molar-refractivity contribution is 5.78. The first-order chi connectivity index (χ1) is 11.3. The van der Waals surface area contributed by atoms with E-state index in [0.717, 1.165) is 70.4 Å². The van der Waals surface area contributed by atoms with E-state index < -0.39 is 0 Å². The maximum Gasteiger partial charge on any atom is 0.236 e. The molecule has 2 aliphatic rings. The van der Waals surface area contributed by atoms with Crippen molar-refractivity contribution >= 4 is 17.7 Å². The van der Waals surface area contributed by atoms with Gasteiger partial charge in [-0.05, 0) is 25.8 Å². The van der Waals surface area contributed by atoms with Crippen molar-refractivity contribution in [3.63, 3.8) is 0 Å². The Morgan fingerprint density at radius 3 is 2.61 bits per heavy atom. The zero-order valence-electron chi connectivity index (χ0n) is 13.9.